The fourth-order valence-electron chi connectivity index (χ4n) is 2.54. The summed E-state index contributed by atoms with van der Waals surface area (Å²) in [5, 5.41) is 7.78. The van der Waals surface area contributed by atoms with E-state index in [4.69, 9.17) is 0 Å². The Labute approximate surface area is 151 Å². The van der Waals surface area contributed by atoms with Gasteiger partial charge in [0.15, 0.2) is 0 Å². The molecule has 3 rings (SSSR count). The quantitative estimate of drug-likeness (QED) is 0.453. The van der Waals surface area contributed by atoms with E-state index >= 15 is 0 Å². The smallest absolute Gasteiger partial charge is 0.240 e. The maximum Gasteiger partial charge on any atom is 0.240 e. The van der Waals surface area contributed by atoms with Gasteiger partial charge in [-0.05, 0) is 11.6 Å². The van der Waals surface area contributed by atoms with E-state index in [1.165, 1.54) is 0 Å². The van der Waals surface area contributed by atoms with E-state index in [2.05, 4.69) is 20.8 Å². The average molecular weight is 348 g/mol. The molecule has 26 heavy (non-hydrogen) atoms. The van der Waals surface area contributed by atoms with Crippen molar-refractivity contribution in [3.8, 4) is 0 Å². The molecule has 132 valence electrons. The number of H-pyrrole nitrogens is 1. The first-order chi connectivity index (χ1) is 12.7. The molecular formula is C20H20N4O2. The number of carbonyl (C=O) groups excluding carboxylic acids is 2. The van der Waals surface area contributed by atoms with Gasteiger partial charge in [-0.2, -0.15) is 5.10 Å². The zero-order valence-electron chi connectivity index (χ0n) is 14.2. The van der Waals surface area contributed by atoms with Gasteiger partial charge in [0.05, 0.1) is 6.21 Å². The molecule has 0 fully saturated rings. The monoisotopic (exact) mass is 348 g/mol. The van der Waals surface area contributed by atoms with Gasteiger partial charge in [-0.25, -0.2) is 5.43 Å². The van der Waals surface area contributed by atoms with Crippen LogP contribution in [0.15, 0.2) is 65.9 Å². The summed E-state index contributed by atoms with van der Waals surface area (Å²) in [5.74, 6) is -0.458. The number of hydrazone groups is 1. The Kier molecular flexibility index (Phi) is 5.77. The maximum absolute atomic E-state index is 11.8. The molecule has 0 unspecified atom stereocenters. The summed E-state index contributed by atoms with van der Waals surface area (Å²) in [6.45, 7) is 0.458. The van der Waals surface area contributed by atoms with Gasteiger partial charge in [0, 0.05) is 42.0 Å². The number of nitrogens with one attached hydrogen (secondary N) is 3. The van der Waals surface area contributed by atoms with Crippen LogP contribution in [0.25, 0.3) is 10.9 Å². The molecule has 0 saturated heterocycles. The molecule has 0 aliphatic rings. The summed E-state index contributed by atoms with van der Waals surface area (Å²) in [4.78, 5) is 26.7. The zero-order chi connectivity index (χ0) is 18.2. The molecule has 0 aliphatic heterocycles. The molecule has 2 aromatic carbocycles. The fraction of sp³-hybridized carbons (Fsp3) is 0.150. The molecule has 3 aromatic rings. The van der Waals surface area contributed by atoms with Crippen molar-refractivity contribution in [2.45, 2.75) is 19.4 Å². The maximum atomic E-state index is 11.8. The fourth-order valence-corrected chi connectivity index (χ4v) is 2.54. The second kappa shape index (κ2) is 8.62. The van der Waals surface area contributed by atoms with Crippen molar-refractivity contribution in [1.29, 1.82) is 0 Å². The zero-order valence-corrected chi connectivity index (χ0v) is 14.2. The Morgan fingerprint density at radius 2 is 1.69 bits per heavy atom. The molecule has 0 saturated carbocycles. The lowest BCUT2D eigenvalue weighted by molar-refractivity contribution is -0.126. The minimum absolute atomic E-state index is 0.0891. The predicted octanol–water partition coefficient (Wildman–Crippen LogP) is 2.71. The van der Waals surface area contributed by atoms with Crippen LogP contribution in [0.1, 0.15) is 24.0 Å². The highest BCUT2D eigenvalue weighted by Crippen LogP contribution is 2.15. The average Bonchev–Trinajstić information content (AvgIpc) is 3.09. The number of benzene rings is 2. The highest BCUT2D eigenvalue weighted by atomic mass is 16.2. The van der Waals surface area contributed by atoms with Gasteiger partial charge in [-0.1, -0.05) is 48.5 Å². The van der Waals surface area contributed by atoms with Gasteiger partial charge in [0.1, 0.15) is 0 Å². The van der Waals surface area contributed by atoms with Crippen molar-refractivity contribution in [3.05, 3.63) is 71.9 Å². The number of hydrogen-bond donors (Lipinski definition) is 3. The summed E-state index contributed by atoms with van der Waals surface area (Å²) in [7, 11) is 0. The van der Waals surface area contributed by atoms with Crippen molar-refractivity contribution < 1.29 is 9.59 Å². The molecule has 0 atom stereocenters. The lowest BCUT2D eigenvalue weighted by Crippen LogP contribution is -2.25. The van der Waals surface area contributed by atoms with E-state index in [1.807, 2.05) is 60.8 Å². The first-order valence-electron chi connectivity index (χ1n) is 8.41. The molecule has 1 aromatic heterocycles. The van der Waals surface area contributed by atoms with Crippen molar-refractivity contribution in [1.82, 2.24) is 15.7 Å². The molecule has 0 bridgehead atoms. The summed E-state index contributed by atoms with van der Waals surface area (Å²) in [5.41, 5.74) is 5.37. The third-order valence-electron chi connectivity index (χ3n) is 3.93. The van der Waals surface area contributed by atoms with E-state index in [-0.39, 0.29) is 24.7 Å². The third kappa shape index (κ3) is 4.80. The number of hydrogen-bond acceptors (Lipinski definition) is 3. The number of carbonyl (C=O) groups is 2. The Hall–Kier alpha value is -3.41. The summed E-state index contributed by atoms with van der Waals surface area (Å²) in [6, 6.07) is 17.5. The van der Waals surface area contributed by atoms with Crippen LogP contribution in [-0.4, -0.2) is 23.0 Å². The molecule has 0 radical (unpaired) electrons. The molecule has 0 spiro atoms. The first kappa shape index (κ1) is 17.4. The van der Waals surface area contributed by atoms with Crippen LogP contribution in [-0.2, 0) is 16.1 Å². The topological polar surface area (TPSA) is 86.3 Å². The van der Waals surface area contributed by atoms with Gasteiger partial charge in [-0.15, -0.1) is 0 Å². The van der Waals surface area contributed by atoms with Crippen molar-refractivity contribution >= 4 is 28.9 Å². The first-order valence-corrected chi connectivity index (χ1v) is 8.41. The second-order valence-corrected chi connectivity index (χ2v) is 5.85. The van der Waals surface area contributed by atoms with Crippen LogP contribution in [0.4, 0.5) is 0 Å². The predicted molar refractivity (Wildman–Crippen MR) is 102 cm³/mol. The number of aromatic nitrogens is 1. The molecule has 0 aliphatic carbocycles. The number of aromatic amines is 1. The highest BCUT2D eigenvalue weighted by Gasteiger charge is 2.06. The van der Waals surface area contributed by atoms with E-state index in [0.29, 0.717) is 6.54 Å². The lowest BCUT2D eigenvalue weighted by atomic mass is 10.2. The van der Waals surface area contributed by atoms with Gasteiger partial charge < -0.3 is 10.3 Å². The minimum atomic E-state index is -0.295. The summed E-state index contributed by atoms with van der Waals surface area (Å²) >= 11 is 0. The Bertz CT molecular complexity index is 916. The van der Waals surface area contributed by atoms with Crippen LogP contribution in [0.3, 0.4) is 0 Å². The molecule has 3 N–H and O–H groups in total. The number of rotatable bonds is 7. The van der Waals surface area contributed by atoms with E-state index in [0.717, 1.165) is 22.0 Å². The number of fused-ring (bicyclic) bond motifs is 1. The molecule has 6 heteroatoms. The van der Waals surface area contributed by atoms with Gasteiger partial charge in [0.2, 0.25) is 11.8 Å². The molecular weight excluding hydrogens is 328 g/mol. The Morgan fingerprint density at radius 3 is 2.54 bits per heavy atom. The van der Waals surface area contributed by atoms with Crippen molar-refractivity contribution in [2.75, 3.05) is 0 Å². The SMILES string of the molecule is O=C(CCC(=O)N/N=C\c1c[nH]c2ccccc12)NCc1ccccc1. The third-order valence-corrected chi connectivity index (χ3v) is 3.93. The van der Waals surface area contributed by atoms with Crippen LogP contribution >= 0.6 is 0 Å². The summed E-state index contributed by atoms with van der Waals surface area (Å²) < 4.78 is 0. The van der Waals surface area contributed by atoms with E-state index < -0.39 is 0 Å². The molecule has 6 nitrogen and oxygen atoms in total. The minimum Gasteiger partial charge on any atom is -0.361 e. The molecule has 1 heterocycles. The number of nitrogens with zero attached hydrogens (tertiary/aromatic N) is 1. The van der Waals surface area contributed by atoms with Crippen LogP contribution in [0.5, 0.6) is 0 Å². The standard InChI is InChI=1S/C20H20N4O2/c25-19(22-12-15-6-2-1-3-7-15)10-11-20(26)24-23-14-16-13-21-18-9-5-4-8-17(16)18/h1-9,13-14,21H,10-12H2,(H,22,25)(H,24,26)/b23-14-. The normalized spacial score (nSPS) is 10.9. The van der Waals surface area contributed by atoms with Crippen LogP contribution in [0, 0.1) is 0 Å². The Balaban J connectivity index is 1.40. The Morgan fingerprint density at radius 1 is 0.962 bits per heavy atom. The van der Waals surface area contributed by atoms with Crippen LogP contribution in [0.2, 0.25) is 0 Å². The summed E-state index contributed by atoms with van der Waals surface area (Å²) in [6.07, 6.45) is 3.64. The van der Waals surface area contributed by atoms with E-state index in [1.54, 1.807) is 6.21 Å². The van der Waals surface area contributed by atoms with Gasteiger partial charge >= 0.3 is 0 Å². The largest absolute Gasteiger partial charge is 0.361 e. The van der Waals surface area contributed by atoms with Gasteiger partial charge in [0.25, 0.3) is 0 Å². The lowest BCUT2D eigenvalue weighted by Gasteiger charge is -2.04. The van der Waals surface area contributed by atoms with Gasteiger partial charge in [-0.3, -0.25) is 9.59 Å². The highest BCUT2D eigenvalue weighted by molar-refractivity contribution is 5.99. The number of para-hydroxylation sites is 1. The van der Waals surface area contributed by atoms with Crippen molar-refractivity contribution in [2.24, 2.45) is 5.10 Å². The van der Waals surface area contributed by atoms with Crippen LogP contribution < -0.4 is 10.7 Å². The van der Waals surface area contributed by atoms with Crippen molar-refractivity contribution in [3.63, 3.8) is 0 Å². The second-order valence-electron chi connectivity index (χ2n) is 5.85. The number of amides is 2. The van der Waals surface area contributed by atoms with E-state index in [9.17, 15) is 9.59 Å². The molecule has 2 amide bonds.